The van der Waals surface area contributed by atoms with Crippen molar-refractivity contribution in [1.29, 1.82) is 0 Å². The quantitative estimate of drug-likeness (QED) is 0.432. The van der Waals surface area contributed by atoms with Gasteiger partial charge in [0.2, 0.25) is 0 Å². The van der Waals surface area contributed by atoms with Crippen LogP contribution in [-0.4, -0.2) is 22.3 Å². The zero-order valence-electron chi connectivity index (χ0n) is 14.7. The van der Waals surface area contributed by atoms with Gasteiger partial charge in [-0.1, -0.05) is 23.7 Å². The van der Waals surface area contributed by atoms with Crippen LogP contribution in [0.3, 0.4) is 0 Å². The molecule has 3 rings (SSSR count). The van der Waals surface area contributed by atoms with Crippen molar-refractivity contribution in [2.24, 2.45) is 5.10 Å². The minimum absolute atomic E-state index is 0.0967. The van der Waals surface area contributed by atoms with E-state index in [-0.39, 0.29) is 17.1 Å². The first-order chi connectivity index (χ1) is 13.5. The molecule has 6 nitrogen and oxygen atoms in total. The second-order valence-electron chi connectivity index (χ2n) is 5.92. The van der Waals surface area contributed by atoms with Gasteiger partial charge in [-0.05, 0) is 59.7 Å². The first kappa shape index (κ1) is 19.3. The second kappa shape index (κ2) is 8.92. The highest BCUT2D eigenvalue weighted by Gasteiger charge is 2.07. The molecule has 142 valence electrons. The number of phenols is 2. The Morgan fingerprint density at radius 2 is 1.75 bits per heavy atom. The molecule has 1 amide bonds. The maximum absolute atomic E-state index is 12.0. The Labute approximate surface area is 166 Å². The predicted molar refractivity (Wildman–Crippen MR) is 107 cm³/mol. The zero-order chi connectivity index (χ0) is 19.9. The Balaban J connectivity index is 1.54. The second-order valence-corrected chi connectivity index (χ2v) is 6.36. The number of hydrogen-bond donors (Lipinski definition) is 3. The van der Waals surface area contributed by atoms with Crippen molar-refractivity contribution in [3.8, 4) is 17.2 Å². The third-order valence-electron chi connectivity index (χ3n) is 3.72. The summed E-state index contributed by atoms with van der Waals surface area (Å²) >= 11 is 5.95. The lowest BCUT2D eigenvalue weighted by atomic mass is 10.2. The number of ether oxygens (including phenoxy) is 1. The molecule has 0 unspecified atom stereocenters. The van der Waals surface area contributed by atoms with Crippen LogP contribution in [0.25, 0.3) is 0 Å². The van der Waals surface area contributed by atoms with Crippen molar-refractivity contribution in [1.82, 2.24) is 5.43 Å². The van der Waals surface area contributed by atoms with Crippen molar-refractivity contribution in [2.45, 2.75) is 6.61 Å². The van der Waals surface area contributed by atoms with Gasteiger partial charge in [0.05, 0.1) is 6.21 Å². The molecule has 0 spiro atoms. The Hall–Kier alpha value is -3.51. The summed E-state index contributed by atoms with van der Waals surface area (Å²) in [5.41, 5.74) is 4.16. The molecule has 0 fully saturated rings. The molecule has 0 saturated carbocycles. The molecule has 0 bridgehead atoms. The summed E-state index contributed by atoms with van der Waals surface area (Å²) in [5, 5.41) is 23.3. The molecule has 0 aliphatic heterocycles. The van der Waals surface area contributed by atoms with E-state index in [1.807, 2.05) is 18.2 Å². The number of amides is 1. The van der Waals surface area contributed by atoms with Gasteiger partial charge in [0.15, 0.2) is 0 Å². The molecule has 0 heterocycles. The lowest BCUT2D eigenvalue weighted by Gasteiger charge is -2.07. The molecular formula is C21H17ClN2O4. The van der Waals surface area contributed by atoms with Gasteiger partial charge in [0.25, 0.3) is 5.91 Å². The van der Waals surface area contributed by atoms with Crippen molar-refractivity contribution < 1.29 is 19.7 Å². The van der Waals surface area contributed by atoms with Gasteiger partial charge in [-0.25, -0.2) is 5.43 Å². The number of hydrazone groups is 1. The first-order valence-corrected chi connectivity index (χ1v) is 8.71. The highest BCUT2D eigenvalue weighted by molar-refractivity contribution is 6.30. The molecule has 0 aliphatic carbocycles. The predicted octanol–water partition coefficient (Wildman–Crippen LogP) is 4.09. The summed E-state index contributed by atoms with van der Waals surface area (Å²) in [7, 11) is 0. The van der Waals surface area contributed by atoms with Crippen molar-refractivity contribution in [2.75, 3.05) is 0 Å². The lowest BCUT2D eigenvalue weighted by molar-refractivity contribution is 0.0954. The molecule has 0 radical (unpaired) electrons. The van der Waals surface area contributed by atoms with Gasteiger partial charge in [-0.3, -0.25) is 4.79 Å². The van der Waals surface area contributed by atoms with E-state index in [4.69, 9.17) is 16.3 Å². The average Bonchev–Trinajstić information content (AvgIpc) is 2.66. The molecule has 3 aromatic carbocycles. The molecule has 0 aliphatic rings. The number of hydrogen-bond acceptors (Lipinski definition) is 5. The van der Waals surface area contributed by atoms with E-state index in [2.05, 4.69) is 10.5 Å². The summed E-state index contributed by atoms with van der Waals surface area (Å²) in [6, 6.07) is 18.2. The van der Waals surface area contributed by atoms with E-state index in [1.54, 1.807) is 30.3 Å². The SMILES string of the molecule is O=C(N/N=C\c1ccc(OCc2cccc(Cl)c2)cc1)c1cc(O)cc(O)c1. The van der Waals surface area contributed by atoms with E-state index in [0.717, 1.165) is 17.2 Å². The Kier molecular flexibility index (Phi) is 6.14. The van der Waals surface area contributed by atoms with Crippen LogP contribution >= 0.6 is 11.6 Å². The number of aromatic hydroxyl groups is 2. The molecular weight excluding hydrogens is 380 g/mol. The number of rotatable bonds is 6. The fourth-order valence-corrected chi connectivity index (χ4v) is 2.61. The highest BCUT2D eigenvalue weighted by atomic mass is 35.5. The van der Waals surface area contributed by atoms with Crippen LogP contribution in [0.5, 0.6) is 17.2 Å². The van der Waals surface area contributed by atoms with Crippen molar-refractivity contribution in [3.63, 3.8) is 0 Å². The number of nitrogens with zero attached hydrogens (tertiary/aromatic N) is 1. The van der Waals surface area contributed by atoms with Gasteiger partial charge in [-0.2, -0.15) is 5.10 Å². The number of phenolic OH excluding ortho intramolecular Hbond substituents is 2. The van der Waals surface area contributed by atoms with E-state index in [0.29, 0.717) is 17.4 Å². The topological polar surface area (TPSA) is 91.2 Å². The van der Waals surface area contributed by atoms with E-state index >= 15 is 0 Å². The van der Waals surface area contributed by atoms with Gasteiger partial charge < -0.3 is 14.9 Å². The van der Waals surface area contributed by atoms with Gasteiger partial charge >= 0.3 is 0 Å². The lowest BCUT2D eigenvalue weighted by Crippen LogP contribution is -2.17. The maximum Gasteiger partial charge on any atom is 0.271 e. The van der Waals surface area contributed by atoms with Crippen LogP contribution in [0.2, 0.25) is 5.02 Å². The standard InChI is InChI=1S/C21H17ClN2O4/c22-17-3-1-2-15(8-17)13-28-20-6-4-14(5-7-20)12-23-24-21(27)16-9-18(25)11-19(26)10-16/h1-12,25-26H,13H2,(H,24,27)/b23-12-. The Bertz CT molecular complexity index is 983. The largest absolute Gasteiger partial charge is 0.508 e. The van der Waals surface area contributed by atoms with E-state index < -0.39 is 5.91 Å². The van der Waals surface area contributed by atoms with Crippen LogP contribution in [0.4, 0.5) is 0 Å². The summed E-state index contributed by atoms with van der Waals surface area (Å²) in [5.74, 6) is -0.273. The van der Waals surface area contributed by atoms with Crippen LogP contribution < -0.4 is 10.2 Å². The third kappa shape index (κ3) is 5.49. The molecule has 3 aromatic rings. The number of carbonyl (C=O) groups excluding carboxylic acids is 1. The maximum atomic E-state index is 12.0. The van der Waals surface area contributed by atoms with Crippen molar-refractivity contribution in [3.05, 3.63) is 88.4 Å². The monoisotopic (exact) mass is 396 g/mol. The fourth-order valence-electron chi connectivity index (χ4n) is 2.40. The van der Waals surface area contributed by atoms with Crippen molar-refractivity contribution >= 4 is 23.7 Å². The minimum atomic E-state index is -0.552. The van der Waals surface area contributed by atoms with Gasteiger partial charge in [0, 0.05) is 16.7 Å². The molecule has 28 heavy (non-hydrogen) atoms. The third-order valence-corrected chi connectivity index (χ3v) is 3.95. The zero-order valence-corrected chi connectivity index (χ0v) is 15.4. The minimum Gasteiger partial charge on any atom is -0.508 e. The normalized spacial score (nSPS) is 10.8. The molecule has 0 atom stereocenters. The summed E-state index contributed by atoms with van der Waals surface area (Å²) < 4.78 is 5.70. The summed E-state index contributed by atoms with van der Waals surface area (Å²) in [6.45, 7) is 0.404. The smallest absolute Gasteiger partial charge is 0.271 e. The van der Waals surface area contributed by atoms with E-state index in [9.17, 15) is 15.0 Å². The molecule has 0 saturated heterocycles. The average molecular weight is 397 g/mol. The fraction of sp³-hybridized carbons (Fsp3) is 0.0476. The van der Waals surface area contributed by atoms with Gasteiger partial charge in [-0.15, -0.1) is 0 Å². The van der Waals surface area contributed by atoms with Crippen LogP contribution in [-0.2, 0) is 6.61 Å². The van der Waals surface area contributed by atoms with Crippen LogP contribution in [0, 0.1) is 0 Å². The molecule has 0 aromatic heterocycles. The number of carbonyl (C=O) groups is 1. The molecule has 7 heteroatoms. The van der Waals surface area contributed by atoms with Crippen LogP contribution in [0.1, 0.15) is 21.5 Å². The van der Waals surface area contributed by atoms with Gasteiger partial charge in [0.1, 0.15) is 23.9 Å². The summed E-state index contributed by atoms with van der Waals surface area (Å²) in [4.78, 5) is 12.0. The number of benzene rings is 3. The number of halogens is 1. The highest BCUT2D eigenvalue weighted by Crippen LogP contribution is 2.20. The Morgan fingerprint density at radius 1 is 1.04 bits per heavy atom. The first-order valence-electron chi connectivity index (χ1n) is 8.33. The van der Waals surface area contributed by atoms with Crippen LogP contribution in [0.15, 0.2) is 71.8 Å². The number of nitrogens with one attached hydrogen (secondary N) is 1. The van der Waals surface area contributed by atoms with E-state index in [1.165, 1.54) is 18.3 Å². The Morgan fingerprint density at radius 3 is 2.43 bits per heavy atom. The summed E-state index contributed by atoms with van der Waals surface area (Å²) in [6.07, 6.45) is 1.47. The molecule has 3 N–H and O–H groups in total.